The summed E-state index contributed by atoms with van der Waals surface area (Å²) in [6.45, 7) is 1.61. The van der Waals surface area contributed by atoms with Crippen LogP contribution in [0.15, 0.2) is 48.7 Å². The topological polar surface area (TPSA) is 41.9 Å². The Morgan fingerprint density at radius 2 is 1.79 bits per heavy atom. The van der Waals surface area contributed by atoms with Gasteiger partial charge in [-0.2, -0.15) is 13.2 Å². The van der Waals surface area contributed by atoms with Crippen LogP contribution in [0.3, 0.4) is 0 Å². The molecule has 0 amide bonds. The van der Waals surface area contributed by atoms with E-state index in [9.17, 15) is 17.6 Å². The van der Waals surface area contributed by atoms with Crippen LogP contribution in [0.4, 0.5) is 17.6 Å². The Morgan fingerprint density at radius 3 is 2.54 bits per heavy atom. The summed E-state index contributed by atoms with van der Waals surface area (Å²) in [6.07, 6.45) is -2.84. The zero-order valence-corrected chi connectivity index (χ0v) is 14.7. The van der Waals surface area contributed by atoms with E-state index in [1.54, 1.807) is 12.1 Å². The molecule has 0 saturated carbocycles. The largest absolute Gasteiger partial charge is 0.451 e. The maximum atomic E-state index is 13.1. The van der Waals surface area contributed by atoms with Crippen LogP contribution < -0.4 is 0 Å². The highest BCUT2D eigenvalue weighted by Crippen LogP contribution is 2.28. The number of rotatable bonds is 3. The van der Waals surface area contributed by atoms with E-state index < -0.39 is 12.0 Å². The number of alkyl halides is 3. The summed E-state index contributed by atoms with van der Waals surface area (Å²) in [6, 6.07) is 11.8. The molecule has 2 aromatic heterocycles. The van der Waals surface area contributed by atoms with E-state index in [0.717, 1.165) is 17.0 Å². The highest BCUT2D eigenvalue weighted by Gasteiger charge is 2.35. The molecule has 1 aromatic carbocycles. The second kappa shape index (κ2) is 7.27. The minimum Gasteiger partial charge on any atom is -0.293 e. The lowest BCUT2D eigenvalue weighted by Crippen LogP contribution is -2.32. The average molecular weight is 388 g/mol. The molecule has 0 aliphatic carbocycles. The third kappa shape index (κ3) is 4.01. The zero-order valence-electron chi connectivity index (χ0n) is 14.7. The Hall–Kier alpha value is -2.87. The third-order valence-corrected chi connectivity index (χ3v) is 4.60. The van der Waals surface area contributed by atoms with E-state index in [0.29, 0.717) is 37.3 Å². The summed E-state index contributed by atoms with van der Waals surface area (Å²) in [5.74, 6) is -1.39. The van der Waals surface area contributed by atoms with Crippen LogP contribution in [0.2, 0.25) is 0 Å². The first-order valence-corrected chi connectivity index (χ1v) is 8.75. The minimum atomic E-state index is -4.53. The molecule has 0 radical (unpaired) electrons. The van der Waals surface area contributed by atoms with Gasteiger partial charge in [-0.3, -0.25) is 9.88 Å². The van der Waals surface area contributed by atoms with Gasteiger partial charge in [-0.05, 0) is 36.4 Å². The molecule has 0 unspecified atom stereocenters. The van der Waals surface area contributed by atoms with Gasteiger partial charge in [0.05, 0.1) is 17.1 Å². The fourth-order valence-corrected chi connectivity index (χ4v) is 3.22. The van der Waals surface area contributed by atoms with Crippen LogP contribution in [-0.2, 0) is 25.7 Å². The predicted octanol–water partition coefficient (Wildman–Crippen LogP) is 4.25. The van der Waals surface area contributed by atoms with Crippen molar-refractivity contribution in [1.29, 1.82) is 0 Å². The Morgan fingerprint density at radius 1 is 1.00 bits per heavy atom. The van der Waals surface area contributed by atoms with E-state index in [4.69, 9.17) is 0 Å². The summed E-state index contributed by atoms with van der Waals surface area (Å²) in [5, 5.41) is 0. The second-order valence-electron chi connectivity index (χ2n) is 6.65. The summed E-state index contributed by atoms with van der Waals surface area (Å²) in [7, 11) is 0. The quantitative estimate of drug-likeness (QED) is 0.629. The molecule has 144 valence electrons. The molecule has 0 atom stereocenters. The van der Waals surface area contributed by atoms with Crippen molar-refractivity contribution in [3.63, 3.8) is 0 Å². The van der Waals surface area contributed by atoms with Gasteiger partial charge in [-0.1, -0.05) is 6.07 Å². The predicted molar refractivity (Wildman–Crippen MR) is 94.5 cm³/mol. The van der Waals surface area contributed by atoms with Gasteiger partial charge in [-0.25, -0.2) is 14.4 Å². The molecule has 0 N–H and O–H groups in total. The lowest BCUT2D eigenvalue weighted by atomic mass is 10.1. The van der Waals surface area contributed by atoms with Gasteiger partial charge >= 0.3 is 6.18 Å². The van der Waals surface area contributed by atoms with E-state index in [-0.39, 0.29) is 5.82 Å². The smallest absolute Gasteiger partial charge is 0.293 e. The highest BCUT2D eigenvalue weighted by molar-refractivity contribution is 5.58. The Labute approximate surface area is 158 Å². The van der Waals surface area contributed by atoms with Gasteiger partial charge in [-0.15, -0.1) is 0 Å². The molecule has 28 heavy (non-hydrogen) atoms. The van der Waals surface area contributed by atoms with E-state index in [1.165, 1.54) is 18.3 Å². The number of nitrogens with zero attached hydrogens (tertiary/aromatic N) is 4. The summed E-state index contributed by atoms with van der Waals surface area (Å²) >= 11 is 0. The van der Waals surface area contributed by atoms with Crippen molar-refractivity contribution in [2.24, 2.45) is 0 Å². The van der Waals surface area contributed by atoms with Crippen molar-refractivity contribution >= 4 is 0 Å². The number of pyridine rings is 1. The van der Waals surface area contributed by atoms with Crippen LogP contribution in [0.1, 0.15) is 22.8 Å². The summed E-state index contributed by atoms with van der Waals surface area (Å²) < 4.78 is 51.4. The second-order valence-corrected chi connectivity index (χ2v) is 6.65. The maximum absolute atomic E-state index is 13.1. The molecule has 4 nitrogen and oxygen atoms in total. The lowest BCUT2D eigenvalue weighted by Gasteiger charge is -2.27. The van der Waals surface area contributed by atoms with Crippen molar-refractivity contribution in [3.8, 4) is 11.3 Å². The van der Waals surface area contributed by atoms with Crippen molar-refractivity contribution in [2.75, 3.05) is 6.54 Å². The molecule has 3 heterocycles. The van der Waals surface area contributed by atoms with Crippen LogP contribution >= 0.6 is 0 Å². The number of hydrogen-bond acceptors (Lipinski definition) is 4. The number of hydrogen-bond donors (Lipinski definition) is 0. The molecule has 0 saturated heterocycles. The van der Waals surface area contributed by atoms with Gasteiger partial charge in [0.25, 0.3) is 0 Å². The summed E-state index contributed by atoms with van der Waals surface area (Å²) in [4.78, 5) is 13.9. The monoisotopic (exact) mass is 388 g/mol. The standard InChI is InChI=1S/C20H16F4N4/c21-15-6-4-13(5-7-15)17-3-1-2-16(26-17)12-28-9-8-18-14(11-28)10-25-19(27-18)20(22,23)24/h1-7,10H,8-9,11-12H2. The Balaban J connectivity index is 1.49. The zero-order chi connectivity index (χ0) is 19.7. The highest BCUT2D eigenvalue weighted by atomic mass is 19.4. The number of halogens is 4. The van der Waals surface area contributed by atoms with Crippen LogP contribution in [0, 0.1) is 5.82 Å². The lowest BCUT2D eigenvalue weighted by molar-refractivity contribution is -0.145. The van der Waals surface area contributed by atoms with Crippen LogP contribution in [0.5, 0.6) is 0 Å². The van der Waals surface area contributed by atoms with Gasteiger partial charge in [0.2, 0.25) is 5.82 Å². The molecule has 3 aromatic rings. The molecule has 1 aliphatic heterocycles. The molecule has 1 aliphatic rings. The average Bonchev–Trinajstić information content (AvgIpc) is 2.67. The van der Waals surface area contributed by atoms with Crippen molar-refractivity contribution in [2.45, 2.75) is 25.7 Å². The Kier molecular flexibility index (Phi) is 4.80. The first-order valence-electron chi connectivity index (χ1n) is 8.75. The fourth-order valence-electron chi connectivity index (χ4n) is 3.22. The molecule has 0 fully saturated rings. The minimum absolute atomic E-state index is 0.303. The normalized spacial score (nSPS) is 14.7. The van der Waals surface area contributed by atoms with Gasteiger partial charge < -0.3 is 0 Å². The number of benzene rings is 1. The SMILES string of the molecule is Fc1ccc(-c2cccc(CN3CCc4nc(C(F)(F)F)ncc4C3)n2)cc1. The van der Waals surface area contributed by atoms with Gasteiger partial charge in [0.15, 0.2) is 0 Å². The van der Waals surface area contributed by atoms with E-state index in [1.807, 2.05) is 18.2 Å². The van der Waals surface area contributed by atoms with Crippen molar-refractivity contribution < 1.29 is 17.6 Å². The fraction of sp³-hybridized carbons (Fsp3) is 0.250. The molecular weight excluding hydrogens is 372 g/mol. The molecule has 8 heteroatoms. The molecule has 0 bridgehead atoms. The van der Waals surface area contributed by atoms with E-state index >= 15 is 0 Å². The van der Waals surface area contributed by atoms with Crippen molar-refractivity contribution in [1.82, 2.24) is 19.9 Å². The van der Waals surface area contributed by atoms with E-state index in [2.05, 4.69) is 19.9 Å². The number of aromatic nitrogens is 3. The molecule has 4 rings (SSSR count). The summed E-state index contributed by atoms with van der Waals surface area (Å²) in [5.41, 5.74) is 3.55. The van der Waals surface area contributed by atoms with Gasteiger partial charge in [0, 0.05) is 43.4 Å². The van der Waals surface area contributed by atoms with Crippen molar-refractivity contribution in [3.05, 3.63) is 77.3 Å². The van der Waals surface area contributed by atoms with Crippen LogP contribution in [-0.4, -0.2) is 26.4 Å². The van der Waals surface area contributed by atoms with Gasteiger partial charge in [0.1, 0.15) is 5.82 Å². The number of fused-ring (bicyclic) bond motifs is 1. The first kappa shape index (κ1) is 18.5. The maximum Gasteiger partial charge on any atom is 0.451 e. The first-order chi connectivity index (χ1) is 13.4. The Bertz CT molecular complexity index is 986. The van der Waals surface area contributed by atoms with Crippen LogP contribution in [0.25, 0.3) is 11.3 Å². The third-order valence-electron chi connectivity index (χ3n) is 4.60. The molecular formula is C20H16F4N4. The molecule has 0 spiro atoms.